The predicted molar refractivity (Wildman–Crippen MR) is 80.5 cm³/mol. The number of carbonyl (C=O) groups excluding carboxylic acids is 1. The molecule has 1 fully saturated rings. The van der Waals surface area contributed by atoms with E-state index < -0.39 is 5.92 Å². The van der Waals surface area contributed by atoms with Crippen molar-refractivity contribution in [2.45, 2.75) is 58.9 Å². The number of nitrogens with two attached hydrogens (primary N) is 1. The first-order valence-corrected chi connectivity index (χ1v) is 7.66. The largest absolute Gasteiger partial charge is 0.409 e. The fraction of sp³-hybridized carbons (Fsp3) is 0.867. The summed E-state index contributed by atoms with van der Waals surface area (Å²) in [7, 11) is 1.85. The van der Waals surface area contributed by atoms with Gasteiger partial charge in [0.05, 0.1) is 0 Å². The number of rotatable bonds is 5. The summed E-state index contributed by atoms with van der Waals surface area (Å²) in [5.74, 6) is 0.274. The second kappa shape index (κ2) is 7.50. The van der Waals surface area contributed by atoms with Crippen LogP contribution in [0.15, 0.2) is 5.16 Å². The van der Waals surface area contributed by atoms with E-state index in [0.29, 0.717) is 0 Å². The highest BCUT2D eigenvalue weighted by Gasteiger charge is 2.33. The molecule has 0 heterocycles. The maximum absolute atomic E-state index is 12.6. The van der Waals surface area contributed by atoms with E-state index in [2.05, 4.69) is 12.1 Å². The van der Waals surface area contributed by atoms with Crippen molar-refractivity contribution in [1.82, 2.24) is 4.90 Å². The van der Waals surface area contributed by atoms with Gasteiger partial charge in [-0.15, -0.1) is 0 Å². The van der Waals surface area contributed by atoms with Gasteiger partial charge in [-0.25, -0.2) is 0 Å². The lowest BCUT2D eigenvalue weighted by Crippen LogP contribution is -2.47. The number of oxime groups is 1. The van der Waals surface area contributed by atoms with Crippen molar-refractivity contribution in [2.24, 2.45) is 28.6 Å². The van der Waals surface area contributed by atoms with Crippen molar-refractivity contribution < 1.29 is 10.0 Å². The lowest BCUT2D eigenvalue weighted by molar-refractivity contribution is -0.136. The van der Waals surface area contributed by atoms with Gasteiger partial charge >= 0.3 is 0 Å². The summed E-state index contributed by atoms with van der Waals surface area (Å²) in [6, 6.07) is 0.290. The summed E-state index contributed by atoms with van der Waals surface area (Å²) < 4.78 is 0. The van der Waals surface area contributed by atoms with Gasteiger partial charge in [-0.1, -0.05) is 32.3 Å². The van der Waals surface area contributed by atoms with Gasteiger partial charge in [-0.05, 0) is 37.5 Å². The second-order valence-electron chi connectivity index (χ2n) is 6.28. The van der Waals surface area contributed by atoms with Crippen LogP contribution in [-0.4, -0.2) is 34.9 Å². The van der Waals surface area contributed by atoms with Crippen molar-refractivity contribution in [3.8, 4) is 0 Å². The van der Waals surface area contributed by atoms with E-state index >= 15 is 0 Å². The molecule has 0 aliphatic heterocycles. The SMILES string of the molecule is CCC1CCC(N(C)C(=O)C(C(N)=NO)C(C)C)CC1. The lowest BCUT2D eigenvalue weighted by atomic mass is 9.83. The van der Waals surface area contributed by atoms with Gasteiger partial charge in [0, 0.05) is 13.1 Å². The minimum Gasteiger partial charge on any atom is -0.409 e. The highest BCUT2D eigenvalue weighted by Crippen LogP contribution is 2.30. The summed E-state index contributed by atoms with van der Waals surface area (Å²) >= 11 is 0. The van der Waals surface area contributed by atoms with Gasteiger partial charge in [-0.3, -0.25) is 4.79 Å². The first-order chi connectivity index (χ1) is 9.42. The van der Waals surface area contributed by atoms with Crippen LogP contribution in [0.1, 0.15) is 52.9 Å². The quantitative estimate of drug-likeness (QED) is 0.352. The number of hydrogen-bond acceptors (Lipinski definition) is 3. The Bertz CT molecular complexity index is 347. The summed E-state index contributed by atoms with van der Waals surface area (Å²) in [5, 5.41) is 11.9. The van der Waals surface area contributed by atoms with Gasteiger partial charge < -0.3 is 15.8 Å². The summed E-state index contributed by atoms with van der Waals surface area (Å²) in [6.45, 7) is 6.07. The van der Waals surface area contributed by atoms with Gasteiger partial charge in [0.25, 0.3) is 0 Å². The van der Waals surface area contributed by atoms with Crippen LogP contribution in [0.3, 0.4) is 0 Å². The molecule has 0 spiro atoms. The van der Waals surface area contributed by atoms with E-state index in [-0.39, 0.29) is 23.7 Å². The highest BCUT2D eigenvalue weighted by molar-refractivity contribution is 6.02. The minimum absolute atomic E-state index is 0.0131. The molecule has 0 radical (unpaired) electrons. The number of carbonyl (C=O) groups is 1. The molecule has 1 unspecified atom stereocenters. The molecule has 0 bridgehead atoms. The first kappa shape index (κ1) is 16.8. The number of amidine groups is 1. The monoisotopic (exact) mass is 283 g/mol. The molecule has 1 atom stereocenters. The molecular formula is C15H29N3O2. The van der Waals surface area contributed by atoms with Crippen LogP contribution in [0.4, 0.5) is 0 Å². The molecule has 0 saturated heterocycles. The van der Waals surface area contributed by atoms with Crippen LogP contribution in [0, 0.1) is 17.8 Å². The third-order valence-electron chi connectivity index (χ3n) is 4.66. The molecule has 116 valence electrons. The van der Waals surface area contributed by atoms with Gasteiger partial charge in [0.15, 0.2) is 5.84 Å². The fourth-order valence-electron chi connectivity index (χ4n) is 3.16. The Kier molecular flexibility index (Phi) is 6.30. The normalized spacial score (nSPS) is 25.6. The van der Waals surface area contributed by atoms with E-state index in [9.17, 15) is 4.79 Å². The van der Waals surface area contributed by atoms with E-state index in [4.69, 9.17) is 10.9 Å². The first-order valence-electron chi connectivity index (χ1n) is 7.66. The molecule has 0 aromatic heterocycles. The molecule has 1 amide bonds. The van der Waals surface area contributed by atoms with Crippen molar-refractivity contribution in [2.75, 3.05) is 7.05 Å². The summed E-state index contributed by atoms with van der Waals surface area (Å²) in [4.78, 5) is 14.4. The smallest absolute Gasteiger partial charge is 0.233 e. The Labute approximate surface area is 122 Å². The van der Waals surface area contributed by atoms with Crippen molar-refractivity contribution in [1.29, 1.82) is 0 Å². The Hall–Kier alpha value is -1.26. The topological polar surface area (TPSA) is 78.9 Å². The van der Waals surface area contributed by atoms with Crippen LogP contribution in [0.5, 0.6) is 0 Å². The fourth-order valence-corrected chi connectivity index (χ4v) is 3.16. The van der Waals surface area contributed by atoms with E-state index in [1.807, 2.05) is 25.8 Å². The summed E-state index contributed by atoms with van der Waals surface area (Å²) in [6.07, 6.45) is 5.72. The number of nitrogens with zero attached hydrogens (tertiary/aromatic N) is 2. The average molecular weight is 283 g/mol. The zero-order chi connectivity index (χ0) is 15.3. The number of amides is 1. The predicted octanol–water partition coefficient (Wildman–Crippen LogP) is 2.43. The Morgan fingerprint density at radius 2 is 1.90 bits per heavy atom. The third kappa shape index (κ3) is 3.87. The Morgan fingerprint density at radius 1 is 1.35 bits per heavy atom. The van der Waals surface area contributed by atoms with Crippen LogP contribution >= 0.6 is 0 Å². The molecule has 20 heavy (non-hydrogen) atoms. The van der Waals surface area contributed by atoms with Crippen LogP contribution in [0.2, 0.25) is 0 Å². The van der Waals surface area contributed by atoms with E-state index in [1.54, 1.807) is 0 Å². The molecule has 1 rings (SSSR count). The minimum atomic E-state index is -0.533. The Balaban J connectivity index is 2.70. The maximum atomic E-state index is 12.6. The number of hydrogen-bond donors (Lipinski definition) is 2. The average Bonchev–Trinajstić information content (AvgIpc) is 2.46. The van der Waals surface area contributed by atoms with E-state index in [0.717, 1.165) is 18.8 Å². The third-order valence-corrected chi connectivity index (χ3v) is 4.66. The maximum Gasteiger partial charge on any atom is 0.233 e. The van der Waals surface area contributed by atoms with Crippen LogP contribution in [-0.2, 0) is 4.79 Å². The van der Waals surface area contributed by atoms with Crippen molar-refractivity contribution in [3.05, 3.63) is 0 Å². The molecule has 1 saturated carbocycles. The highest BCUT2D eigenvalue weighted by atomic mass is 16.4. The molecular weight excluding hydrogens is 254 g/mol. The zero-order valence-corrected chi connectivity index (χ0v) is 13.2. The lowest BCUT2D eigenvalue weighted by Gasteiger charge is -2.36. The van der Waals surface area contributed by atoms with Gasteiger partial charge in [0.2, 0.25) is 5.91 Å². The molecule has 0 aromatic carbocycles. The van der Waals surface area contributed by atoms with E-state index in [1.165, 1.54) is 19.3 Å². The van der Waals surface area contributed by atoms with Crippen molar-refractivity contribution >= 4 is 11.7 Å². The van der Waals surface area contributed by atoms with Crippen molar-refractivity contribution in [3.63, 3.8) is 0 Å². The molecule has 1 aliphatic rings. The van der Waals surface area contributed by atoms with Crippen LogP contribution < -0.4 is 5.73 Å². The van der Waals surface area contributed by atoms with Gasteiger partial charge in [-0.2, -0.15) is 0 Å². The molecule has 3 N–H and O–H groups in total. The second-order valence-corrected chi connectivity index (χ2v) is 6.28. The standard InChI is InChI=1S/C15H29N3O2/c1-5-11-6-8-12(9-7-11)18(4)15(19)13(10(2)3)14(16)17-20/h10-13,20H,5-9H2,1-4H3,(H2,16,17). The van der Waals surface area contributed by atoms with Gasteiger partial charge in [0.1, 0.15) is 5.92 Å². The Morgan fingerprint density at radius 3 is 2.30 bits per heavy atom. The summed E-state index contributed by atoms with van der Waals surface area (Å²) in [5.41, 5.74) is 5.68. The molecule has 5 heteroatoms. The molecule has 1 aliphatic carbocycles. The zero-order valence-electron chi connectivity index (χ0n) is 13.2. The van der Waals surface area contributed by atoms with Crippen LogP contribution in [0.25, 0.3) is 0 Å². The molecule has 0 aromatic rings. The molecule has 5 nitrogen and oxygen atoms in total.